The van der Waals surface area contributed by atoms with Crippen molar-refractivity contribution in [3.63, 3.8) is 0 Å². The van der Waals surface area contributed by atoms with E-state index < -0.39 is 0 Å². The van der Waals surface area contributed by atoms with Crippen molar-refractivity contribution in [2.75, 3.05) is 17.6 Å². The molecule has 1 saturated heterocycles. The number of benzene rings is 1. The highest BCUT2D eigenvalue weighted by atomic mass is 32.2. The summed E-state index contributed by atoms with van der Waals surface area (Å²) in [5, 5.41) is 12.1. The van der Waals surface area contributed by atoms with E-state index in [1.54, 1.807) is 0 Å². The smallest absolute Gasteiger partial charge is 0.239 e. The van der Waals surface area contributed by atoms with Crippen LogP contribution in [0.5, 0.6) is 0 Å². The van der Waals surface area contributed by atoms with Crippen molar-refractivity contribution < 1.29 is 9.59 Å². The third kappa shape index (κ3) is 4.12. The molecule has 0 bridgehead atoms. The first kappa shape index (κ1) is 16.9. The Labute approximate surface area is 148 Å². The van der Waals surface area contributed by atoms with Gasteiger partial charge in [-0.3, -0.25) is 14.5 Å². The summed E-state index contributed by atoms with van der Waals surface area (Å²) in [6.45, 7) is 2.66. The molecule has 1 aromatic carbocycles. The van der Waals surface area contributed by atoms with Gasteiger partial charge in [-0.1, -0.05) is 42.2 Å². The van der Waals surface area contributed by atoms with Gasteiger partial charge in [0.05, 0.1) is 5.75 Å². The molecule has 2 heterocycles. The molecule has 3 rings (SSSR count). The highest BCUT2D eigenvalue weighted by molar-refractivity contribution is 8.01. The molecule has 1 aromatic heterocycles. The van der Waals surface area contributed by atoms with Crippen molar-refractivity contribution >= 4 is 45.7 Å². The van der Waals surface area contributed by atoms with Crippen LogP contribution in [-0.2, 0) is 16.0 Å². The predicted octanol–water partition coefficient (Wildman–Crippen LogP) is 3.09. The fourth-order valence-electron chi connectivity index (χ4n) is 2.38. The third-order valence-electron chi connectivity index (χ3n) is 3.71. The Morgan fingerprint density at radius 3 is 2.79 bits per heavy atom. The molecule has 0 aliphatic carbocycles. The molecule has 126 valence electrons. The number of hydrogen-bond donors (Lipinski definition) is 1. The van der Waals surface area contributed by atoms with Crippen LogP contribution < -0.4 is 5.32 Å². The first-order chi connectivity index (χ1) is 11.7. The molecule has 1 aliphatic rings. The van der Waals surface area contributed by atoms with E-state index in [4.69, 9.17) is 0 Å². The highest BCUT2D eigenvalue weighted by Gasteiger charge is 2.26. The summed E-state index contributed by atoms with van der Waals surface area (Å²) in [6.07, 6.45) is 2.24. The maximum absolute atomic E-state index is 12.0. The van der Waals surface area contributed by atoms with Crippen LogP contribution in [0.1, 0.15) is 25.3 Å². The molecule has 0 saturated carbocycles. The monoisotopic (exact) mass is 362 g/mol. The summed E-state index contributed by atoms with van der Waals surface area (Å²) in [6, 6.07) is 8.17. The van der Waals surface area contributed by atoms with E-state index in [9.17, 15) is 9.59 Å². The van der Waals surface area contributed by atoms with Crippen molar-refractivity contribution in [2.45, 2.75) is 30.5 Å². The van der Waals surface area contributed by atoms with Gasteiger partial charge in [-0.2, -0.15) is 0 Å². The lowest BCUT2D eigenvalue weighted by Crippen LogP contribution is -2.33. The Morgan fingerprint density at radius 2 is 2.12 bits per heavy atom. The van der Waals surface area contributed by atoms with Gasteiger partial charge in [-0.05, 0) is 30.5 Å². The second-order valence-corrected chi connectivity index (χ2v) is 7.58. The predicted molar refractivity (Wildman–Crippen MR) is 95.7 cm³/mol. The lowest BCUT2D eigenvalue weighted by Gasteiger charge is -2.11. The first-order valence-electron chi connectivity index (χ1n) is 7.81. The van der Waals surface area contributed by atoms with Gasteiger partial charge in [-0.25, -0.2) is 0 Å². The molecule has 2 aromatic rings. The summed E-state index contributed by atoms with van der Waals surface area (Å²) in [4.78, 5) is 24.9. The number of aryl methyl sites for hydroxylation is 1. The zero-order chi connectivity index (χ0) is 16.9. The Kier molecular flexibility index (Phi) is 5.47. The normalized spacial score (nSPS) is 14.2. The van der Waals surface area contributed by atoms with E-state index in [1.165, 1.54) is 33.6 Å². The maximum Gasteiger partial charge on any atom is 0.239 e. The second kappa shape index (κ2) is 7.76. The minimum absolute atomic E-state index is 0.0734. The van der Waals surface area contributed by atoms with E-state index in [-0.39, 0.29) is 17.6 Å². The third-order valence-corrected chi connectivity index (χ3v) is 5.67. The molecule has 6 nitrogen and oxygen atoms in total. The fourth-order valence-corrected chi connectivity index (χ4v) is 4.03. The molecule has 1 fully saturated rings. The molecule has 1 N–H and O–H groups in total. The van der Waals surface area contributed by atoms with Crippen LogP contribution in [-0.4, -0.2) is 39.2 Å². The number of hydrogen-bond acceptors (Lipinski definition) is 7. The first-order valence-corrected chi connectivity index (χ1v) is 9.61. The number of rotatable bonds is 6. The molecule has 2 amide bonds. The Bertz CT molecular complexity index is 730. The zero-order valence-electron chi connectivity index (χ0n) is 13.3. The lowest BCUT2D eigenvalue weighted by atomic mass is 10.1. The molecule has 1 aliphatic heterocycles. The lowest BCUT2D eigenvalue weighted by molar-refractivity contribution is -0.140. The van der Waals surface area contributed by atoms with Crippen LogP contribution in [0, 0.1) is 0 Å². The van der Waals surface area contributed by atoms with E-state index in [1.807, 2.05) is 12.1 Å². The summed E-state index contributed by atoms with van der Waals surface area (Å²) in [7, 11) is 0. The topological polar surface area (TPSA) is 75.2 Å². The molecular formula is C16H18N4O2S2. The Hall–Kier alpha value is -1.93. The maximum atomic E-state index is 12.0. The van der Waals surface area contributed by atoms with Crippen LogP contribution in [0.25, 0.3) is 0 Å². The van der Waals surface area contributed by atoms with Crippen molar-refractivity contribution in [1.82, 2.24) is 15.1 Å². The van der Waals surface area contributed by atoms with Crippen molar-refractivity contribution in [3.05, 3.63) is 29.8 Å². The minimum Gasteiger partial charge on any atom is -0.330 e. The molecule has 0 spiro atoms. The van der Waals surface area contributed by atoms with Gasteiger partial charge in [0, 0.05) is 18.7 Å². The van der Waals surface area contributed by atoms with Crippen molar-refractivity contribution in [1.29, 1.82) is 0 Å². The van der Waals surface area contributed by atoms with E-state index >= 15 is 0 Å². The van der Waals surface area contributed by atoms with E-state index in [0.717, 1.165) is 18.5 Å². The Morgan fingerprint density at radius 1 is 1.33 bits per heavy atom. The van der Waals surface area contributed by atoms with Gasteiger partial charge in [-0.15, -0.1) is 10.2 Å². The number of anilines is 2. The molecular weight excluding hydrogens is 344 g/mol. The quantitative estimate of drug-likeness (QED) is 0.796. The van der Waals surface area contributed by atoms with Gasteiger partial charge in [0.25, 0.3) is 0 Å². The minimum atomic E-state index is -0.151. The number of nitrogens with one attached hydrogen (secondary N) is 1. The van der Waals surface area contributed by atoms with Crippen LogP contribution in [0.4, 0.5) is 10.8 Å². The number of carbonyl (C=O) groups excluding carboxylic acids is 2. The summed E-state index contributed by atoms with van der Waals surface area (Å²) < 4.78 is 0.711. The van der Waals surface area contributed by atoms with Crippen molar-refractivity contribution in [3.8, 4) is 0 Å². The highest BCUT2D eigenvalue weighted by Crippen LogP contribution is 2.28. The number of carbonyl (C=O) groups is 2. The van der Waals surface area contributed by atoms with E-state index in [0.29, 0.717) is 22.4 Å². The number of amides is 2. The SMILES string of the molecule is CCc1ccc(Nc2nnc(SCC(=O)N3CCCC3=O)s2)cc1. The number of thioether (sulfide) groups is 1. The summed E-state index contributed by atoms with van der Waals surface area (Å²) in [5.41, 5.74) is 2.24. The van der Waals surface area contributed by atoms with Gasteiger partial charge in [0.1, 0.15) is 0 Å². The van der Waals surface area contributed by atoms with Crippen molar-refractivity contribution in [2.24, 2.45) is 0 Å². The number of aromatic nitrogens is 2. The van der Waals surface area contributed by atoms with Gasteiger partial charge in [0.15, 0.2) is 4.34 Å². The summed E-state index contributed by atoms with van der Waals surface area (Å²) in [5.74, 6) is -0.0101. The summed E-state index contributed by atoms with van der Waals surface area (Å²) >= 11 is 2.71. The van der Waals surface area contributed by atoms with E-state index in [2.05, 4.69) is 34.6 Å². The molecule has 0 radical (unpaired) electrons. The van der Waals surface area contributed by atoms with Gasteiger partial charge in [0.2, 0.25) is 16.9 Å². The van der Waals surface area contributed by atoms with Crippen LogP contribution >= 0.6 is 23.1 Å². The fraction of sp³-hybridized carbons (Fsp3) is 0.375. The Balaban J connectivity index is 1.53. The van der Waals surface area contributed by atoms with Gasteiger partial charge < -0.3 is 5.32 Å². The van der Waals surface area contributed by atoms with Crippen LogP contribution in [0.15, 0.2) is 28.6 Å². The number of likely N-dealkylation sites (tertiary alicyclic amines) is 1. The largest absolute Gasteiger partial charge is 0.330 e. The van der Waals surface area contributed by atoms with Gasteiger partial charge >= 0.3 is 0 Å². The standard InChI is InChI=1S/C16H18N4O2S2/c1-2-11-5-7-12(8-6-11)17-15-18-19-16(24-15)23-10-14(22)20-9-3-4-13(20)21/h5-8H,2-4,9-10H2,1H3,(H,17,18). The number of imide groups is 1. The molecule has 24 heavy (non-hydrogen) atoms. The van der Waals surface area contributed by atoms with Crippen LogP contribution in [0.3, 0.4) is 0 Å². The average molecular weight is 362 g/mol. The average Bonchev–Trinajstić information content (AvgIpc) is 3.22. The number of nitrogens with zero attached hydrogens (tertiary/aromatic N) is 3. The van der Waals surface area contributed by atoms with Crippen LogP contribution in [0.2, 0.25) is 0 Å². The molecule has 0 unspecified atom stereocenters. The molecule has 8 heteroatoms. The molecule has 0 atom stereocenters. The zero-order valence-corrected chi connectivity index (χ0v) is 15.0. The second-order valence-electron chi connectivity index (χ2n) is 5.38.